The van der Waals surface area contributed by atoms with Gasteiger partial charge in [0.05, 0.1) is 31.5 Å². The smallest absolute Gasteiger partial charge is 0.321 e. The molecule has 2 rings (SSSR count). The number of rotatable bonds is 9. The van der Waals surface area contributed by atoms with Gasteiger partial charge in [-0.25, -0.2) is 0 Å². The standard InChI is InChI=1S/C16H24N4O4/c21-15(19-13-3-1-4-17-12-13)11-14(16(22)23)18-5-2-6-20-7-9-24-10-8-20/h1,3-4,12,14,18H,2,5-11H2,(H,19,21)(H,22,23)/t14-/m1/s1. The van der Waals surface area contributed by atoms with Crippen LogP contribution in [0, 0.1) is 0 Å². The summed E-state index contributed by atoms with van der Waals surface area (Å²) < 4.78 is 5.28. The van der Waals surface area contributed by atoms with Gasteiger partial charge in [0.2, 0.25) is 5.91 Å². The molecule has 24 heavy (non-hydrogen) atoms. The maximum absolute atomic E-state index is 11.9. The molecule has 1 fully saturated rings. The van der Waals surface area contributed by atoms with Gasteiger partial charge in [0, 0.05) is 19.3 Å². The number of carbonyl (C=O) groups excluding carboxylic acids is 1. The van der Waals surface area contributed by atoms with Gasteiger partial charge < -0.3 is 20.5 Å². The van der Waals surface area contributed by atoms with Crippen LogP contribution < -0.4 is 10.6 Å². The van der Waals surface area contributed by atoms with Crippen molar-refractivity contribution in [1.29, 1.82) is 0 Å². The molecular weight excluding hydrogens is 312 g/mol. The molecule has 132 valence electrons. The van der Waals surface area contributed by atoms with Crippen LogP contribution in [0.1, 0.15) is 12.8 Å². The van der Waals surface area contributed by atoms with Gasteiger partial charge in [0.1, 0.15) is 6.04 Å². The summed E-state index contributed by atoms with van der Waals surface area (Å²) in [5.74, 6) is -1.38. The van der Waals surface area contributed by atoms with E-state index >= 15 is 0 Å². The van der Waals surface area contributed by atoms with Crippen molar-refractivity contribution < 1.29 is 19.4 Å². The molecule has 8 nitrogen and oxygen atoms in total. The number of nitrogens with one attached hydrogen (secondary N) is 2. The summed E-state index contributed by atoms with van der Waals surface area (Å²) >= 11 is 0. The third-order valence-corrected chi connectivity index (χ3v) is 3.78. The number of carbonyl (C=O) groups is 2. The largest absolute Gasteiger partial charge is 0.480 e. The lowest BCUT2D eigenvalue weighted by Gasteiger charge is -2.26. The van der Waals surface area contributed by atoms with Gasteiger partial charge in [-0.15, -0.1) is 0 Å². The minimum atomic E-state index is -1.03. The molecule has 1 aliphatic rings. The van der Waals surface area contributed by atoms with Crippen molar-refractivity contribution in [2.24, 2.45) is 0 Å². The van der Waals surface area contributed by atoms with Crippen LogP contribution in [-0.2, 0) is 14.3 Å². The lowest BCUT2D eigenvalue weighted by atomic mass is 10.2. The fourth-order valence-electron chi connectivity index (χ4n) is 2.48. The van der Waals surface area contributed by atoms with Gasteiger partial charge >= 0.3 is 5.97 Å². The minimum Gasteiger partial charge on any atom is -0.480 e. The lowest BCUT2D eigenvalue weighted by molar-refractivity contribution is -0.141. The molecule has 0 aromatic carbocycles. The topological polar surface area (TPSA) is 104 Å². The van der Waals surface area contributed by atoms with Gasteiger partial charge in [-0.05, 0) is 31.6 Å². The van der Waals surface area contributed by atoms with Crippen LogP contribution in [0.5, 0.6) is 0 Å². The van der Waals surface area contributed by atoms with E-state index in [2.05, 4.69) is 20.5 Å². The molecular formula is C16H24N4O4. The number of aromatic nitrogens is 1. The highest BCUT2D eigenvalue weighted by Crippen LogP contribution is 2.05. The summed E-state index contributed by atoms with van der Waals surface area (Å²) in [7, 11) is 0. The zero-order valence-corrected chi connectivity index (χ0v) is 13.6. The van der Waals surface area contributed by atoms with E-state index in [4.69, 9.17) is 4.74 Å². The predicted molar refractivity (Wildman–Crippen MR) is 88.8 cm³/mol. The maximum atomic E-state index is 11.9. The Hall–Kier alpha value is -2.03. The maximum Gasteiger partial charge on any atom is 0.321 e. The van der Waals surface area contributed by atoms with E-state index in [-0.39, 0.29) is 12.3 Å². The molecule has 1 aromatic rings. The number of amides is 1. The predicted octanol–water partition coefficient (Wildman–Crippen LogP) is 0.175. The van der Waals surface area contributed by atoms with Crippen LogP contribution in [-0.4, -0.2) is 72.3 Å². The number of anilines is 1. The van der Waals surface area contributed by atoms with Gasteiger partial charge in [-0.3, -0.25) is 19.5 Å². The van der Waals surface area contributed by atoms with Crippen molar-refractivity contribution in [1.82, 2.24) is 15.2 Å². The highest BCUT2D eigenvalue weighted by Gasteiger charge is 2.20. The number of carboxylic acids is 1. The summed E-state index contributed by atoms with van der Waals surface area (Å²) in [6.45, 7) is 4.77. The first-order valence-corrected chi connectivity index (χ1v) is 8.11. The Morgan fingerprint density at radius 3 is 2.83 bits per heavy atom. The average molecular weight is 336 g/mol. The summed E-state index contributed by atoms with van der Waals surface area (Å²) in [6.07, 6.45) is 3.82. The lowest BCUT2D eigenvalue weighted by Crippen LogP contribution is -2.42. The van der Waals surface area contributed by atoms with Gasteiger partial charge in [-0.2, -0.15) is 0 Å². The molecule has 2 heterocycles. The summed E-state index contributed by atoms with van der Waals surface area (Å²) in [4.78, 5) is 29.4. The molecule has 0 saturated carbocycles. The van der Waals surface area contributed by atoms with E-state index in [1.165, 1.54) is 6.20 Å². The fraction of sp³-hybridized carbons (Fsp3) is 0.562. The molecule has 0 radical (unpaired) electrons. The molecule has 3 N–H and O–H groups in total. The van der Waals surface area contributed by atoms with Crippen LogP contribution in [0.25, 0.3) is 0 Å². The second-order valence-electron chi connectivity index (χ2n) is 5.65. The molecule has 0 aliphatic carbocycles. The Bertz CT molecular complexity index is 520. The summed E-state index contributed by atoms with van der Waals surface area (Å²) in [6, 6.07) is 2.51. The fourth-order valence-corrected chi connectivity index (χ4v) is 2.48. The highest BCUT2D eigenvalue weighted by atomic mass is 16.5. The molecule has 8 heteroatoms. The number of aliphatic carboxylic acids is 1. The van der Waals surface area contributed by atoms with Crippen molar-refractivity contribution in [3.8, 4) is 0 Å². The minimum absolute atomic E-state index is 0.123. The molecule has 0 unspecified atom stereocenters. The number of pyridine rings is 1. The molecule has 1 aliphatic heterocycles. The number of hydrogen-bond acceptors (Lipinski definition) is 6. The van der Waals surface area contributed by atoms with E-state index in [0.29, 0.717) is 12.2 Å². The van der Waals surface area contributed by atoms with Gasteiger partial charge in [0.25, 0.3) is 0 Å². The van der Waals surface area contributed by atoms with Crippen LogP contribution in [0.4, 0.5) is 5.69 Å². The van der Waals surface area contributed by atoms with E-state index in [1.54, 1.807) is 18.3 Å². The van der Waals surface area contributed by atoms with Crippen molar-refractivity contribution in [3.63, 3.8) is 0 Å². The zero-order chi connectivity index (χ0) is 17.2. The second kappa shape index (κ2) is 9.96. The Morgan fingerprint density at radius 2 is 2.17 bits per heavy atom. The Balaban J connectivity index is 1.69. The van der Waals surface area contributed by atoms with Crippen LogP contribution >= 0.6 is 0 Å². The molecule has 1 saturated heterocycles. The SMILES string of the molecule is O=C(C[C@@H](NCCCN1CCOCC1)C(=O)O)Nc1cccnc1. The number of morpholine rings is 1. The van der Waals surface area contributed by atoms with Crippen LogP contribution in [0.3, 0.4) is 0 Å². The van der Waals surface area contributed by atoms with Crippen molar-refractivity contribution in [2.45, 2.75) is 18.9 Å². The number of hydrogen-bond donors (Lipinski definition) is 3. The monoisotopic (exact) mass is 336 g/mol. The Labute approximate surface area is 141 Å². The number of nitrogens with zero attached hydrogens (tertiary/aromatic N) is 2. The Kier molecular flexibility index (Phi) is 7.60. The molecule has 1 amide bonds. The number of carboxylic acid groups (broad SMARTS) is 1. The van der Waals surface area contributed by atoms with E-state index in [0.717, 1.165) is 39.3 Å². The molecule has 0 bridgehead atoms. The van der Waals surface area contributed by atoms with Crippen LogP contribution in [0.2, 0.25) is 0 Å². The first-order valence-electron chi connectivity index (χ1n) is 8.11. The average Bonchev–Trinajstić information content (AvgIpc) is 2.59. The summed E-state index contributed by atoms with van der Waals surface area (Å²) in [5.41, 5.74) is 0.555. The van der Waals surface area contributed by atoms with E-state index in [1.807, 2.05) is 0 Å². The van der Waals surface area contributed by atoms with E-state index < -0.39 is 12.0 Å². The normalized spacial score (nSPS) is 16.5. The van der Waals surface area contributed by atoms with Gasteiger partial charge in [-0.1, -0.05) is 0 Å². The first-order chi connectivity index (χ1) is 11.6. The quantitative estimate of drug-likeness (QED) is 0.553. The first kappa shape index (κ1) is 18.3. The second-order valence-corrected chi connectivity index (χ2v) is 5.65. The van der Waals surface area contributed by atoms with E-state index in [9.17, 15) is 14.7 Å². The Morgan fingerprint density at radius 1 is 1.38 bits per heavy atom. The van der Waals surface area contributed by atoms with Crippen LogP contribution in [0.15, 0.2) is 24.5 Å². The zero-order valence-electron chi connectivity index (χ0n) is 13.6. The van der Waals surface area contributed by atoms with Crippen molar-refractivity contribution in [2.75, 3.05) is 44.7 Å². The van der Waals surface area contributed by atoms with Crippen molar-refractivity contribution >= 4 is 17.6 Å². The molecule has 1 aromatic heterocycles. The summed E-state index contributed by atoms with van der Waals surface area (Å²) in [5, 5.41) is 14.8. The van der Waals surface area contributed by atoms with Gasteiger partial charge in [0.15, 0.2) is 0 Å². The highest BCUT2D eigenvalue weighted by molar-refractivity contribution is 5.93. The molecule has 1 atom stereocenters. The molecule has 0 spiro atoms. The third kappa shape index (κ3) is 6.61. The van der Waals surface area contributed by atoms with Crippen molar-refractivity contribution in [3.05, 3.63) is 24.5 Å². The number of ether oxygens (including phenoxy) is 1. The third-order valence-electron chi connectivity index (χ3n) is 3.78.